The van der Waals surface area contributed by atoms with Crippen LogP contribution in [0.1, 0.15) is 41.4 Å². The standard InChI is InChI=1S/C26H20O9/c1-32-14-5-2-13(3-6-14)4-9-21(27)33-15-7-8-16-17(19-12-22(28)34-24(19)29)11-20-23(18(16)10-15)26(31)35-25(20)30/h2-10,17,19-20,23H,11-12H2,1H3. The molecule has 0 N–H and O–H groups in total. The molecule has 9 nitrogen and oxygen atoms in total. The number of carbonyl (C=O) groups excluding carboxylic acids is 5. The predicted octanol–water partition coefficient (Wildman–Crippen LogP) is 2.67. The molecule has 2 saturated heterocycles. The van der Waals surface area contributed by atoms with Crippen LogP contribution in [0.3, 0.4) is 0 Å². The number of ether oxygens (including phenoxy) is 4. The molecule has 0 spiro atoms. The lowest BCUT2D eigenvalue weighted by Gasteiger charge is -2.32. The number of cyclic esters (lactones) is 4. The first-order chi connectivity index (χ1) is 16.8. The average molecular weight is 476 g/mol. The lowest BCUT2D eigenvalue weighted by atomic mass is 9.67. The van der Waals surface area contributed by atoms with Gasteiger partial charge in [-0.3, -0.25) is 19.2 Å². The zero-order chi connectivity index (χ0) is 24.7. The summed E-state index contributed by atoms with van der Waals surface area (Å²) in [5, 5.41) is 0. The van der Waals surface area contributed by atoms with E-state index in [0.29, 0.717) is 16.9 Å². The summed E-state index contributed by atoms with van der Waals surface area (Å²) in [5.74, 6) is -5.33. The molecule has 35 heavy (non-hydrogen) atoms. The predicted molar refractivity (Wildman–Crippen MR) is 118 cm³/mol. The second kappa shape index (κ2) is 8.83. The van der Waals surface area contributed by atoms with Crippen LogP contribution < -0.4 is 9.47 Å². The maximum atomic E-state index is 12.4. The van der Waals surface area contributed by atoms with E-state index in [1.54, 1.807) is 49.6 Å². The quantitative estimate of drug-likeness (QED) is 0.277. The van der Waals surface area contributed by atoms with Crippen molar-refractivity contribution in [3.8, 4) is 11.5 Å². The normalized spacial score (nSPS) is 25.2. The Kier molecular flexibility index (Phi) is 5.68. The second-order valence-corrected chi connectivity index (χ2v) is 8.59. The van der Waals surface area contributed by atoms with Crippen LogP contribution in [-0.4, -0.2) is 37.0 Å². The van der Waals surface area contributed by atoms with E-state index in [1.165, 1.54) is 12.1 Å². The van der Waals surface area contributed by atoms with Crippen LogP contribution >= 0.6 is 0 Å². The maximum absolute atomic E-state index is 12.4. The maximum Gasteiger partial charge on any atom is 0.336 e. The molecule has 0 aromatic heterocycles. The Bertz CT molecular complexity index is 1270. The molecule has 0 radical (unpaired) electrons. The third-order valence-corrected chi connectivity index (χ3v) is 6.60. The number of fused-ring (bicyclic) bond motifs is 3. The van der Waals surface area contributed by atoms with Gasteiger partial charge < -0.3 is 18.9 Å². The van der Waals surface area contributed by atoms with Crippen LogP contribution in [0.15, 0.2) is 48.5 Å². The van der Waals surface area contributed by atoms with Crippen LogP contribution in [0, 0.1) is 11.8 Å². The Labute approximate surface area is 199 Å². The summed E-state index contributed by atoms with van der Waals surface area (Å²) in [6, 6.07) is 11.8. The molecule has 2 heterocycles. The first-order valence-electron chi connectivity index (χ1n) is 11.0. The molecule has 4 unspecified atom stereocenters. The fourth-order valence-electron chi connectivity index (χ4n) is 4.95. The van der Waals surface area contributed by atoms with E-state index in [-0.39, 0.29) is 18.6 Å². The molecule has 3 aliphatic rings. The topological polar surface area (TPSA) is 122 Å². The van der Waals surface area contributed by atoms with Crippen LogP contribution in [0.5, 0.6) is 11.5 Å². The minimum Gasteiger partial charge on any atom is -0.497 e. The summed E-state index contributed by atoms with van der Waals surface area (Å²) < 4.78 is 20.1. The molecule has 2 aromatic carbocycles. The Morgan fingerprint density at radius 3 is 2.26 bits per heavy atom. The number of rotatable bonds is 5. The molecule has 178 valence electrons. The van der Waals surface area contributed by atoms with Gasteiger partial charge in [-0.2, -0.15) is 0 Å². The summed E-state index contributed by atoms with van der Waals surface area (Å²) >= 11 is 0. The summed E-state index contributed by atoms with van der Waals surface area (Å²) in [5.41, 5.74) is 1.84. The van der Waals surface area contributed by atoms with E-state index in [0.717, 1.165) is 5.56 Å². The van der Waals surface area contributed by atoms with E-state index >= 15 is 0 Å². The molecule has 2 aromatic rings. The van der Waals surface area contributed by atoms with Crippen molar-refractivity contribution in [3.05, 3.63) is 65.2 Å². The molecular weight excluding hydrogens is 456 g/mol. The molecule has 0 amide bonds. The Morgan fingerprint density at radius 2 is 1.57 bits per heavy atom. The lowest BCUT2D eigenvalue weighted by molar-refractivity contribution is -0.155. The molecule has 0 bridgehead atoms. The number of hydrogen-bond donors (Lipinski definition) is 0. The van der Waals surface area contributed by atoms with Crippen LogP contribution in [0.2, 0.25) is 0 Å². The van der Waals surface area contributed by atoms with Crippen molar-refractivity contribution in [1.29, 1.82) is 0 Å². The van der Waals surface area contributed by atoms with Gasteiger partial charge in [-0.05, 0) is 59.4 Å². The summed E-state index contributed by atoms with van der Waals surface area (Å²) in [4.78, 5) is 61.1. The van der Waals surface area contributed by atoms with Crippen LogP contribution in [-0.2, 0) is 33.4 Å². The number of carbonyl (C=O) groups is 5. The molecule has 2 fully saturated rings. The Morgan fingerprint density at radius 1 is 0.857 bits per heavy atom. The largest absolute Gasteiger partial charge is 0.497 e. The van der Waals surface area contributed by atoms with Gasteiger partial charge in [0.1, 0.15) is 11.5 Å². The second-order valence-electron chi connectivity index (χ2n) is 8.59. The van der Waals surface area contributed by atoms with Gasteiger partial charge in [0.2, 0.25) is 0 Å². The highest BCUT2D eigenvalue weighted by molar-refractivity contribution is 6.01. The van der Waals surface area contributed by atoms with Gasteiger partial charge in [-0.1, -0.05) is 18.2 Å². The highest BCUT2D eigenvalue weighted by atomic mass is 16.6. The first kappa shape index (κ1) is 22.5. The van der Waals surface area contributed by atoms with Crippen molar-refractivity contribution < 1.29 is 42.9 Å². The van der Waals surface area contributed by atoms with E-state index in [4.69, 9.17) is 18.9 Å². The summed E-state index contributed by atoms with van der Waals surface area (Å²) in [7, 11) is 1.56. The zero-order valence-corrected chi connectivity index (χ0v) is 18.6. The first-order valence-corrected chi connectivity index (χ1v) is 11.0. The minimum absolute atomic E-state index is 0.101. The van der Waals surface area contributed by atoms with Gasteiger partial charge in [-0.25, -0.2) is 4.79 Å². The van der Waals surface area contributed by atoms with E-state index in [9.17, 15) is 24.0 Å². The number of benzene rings is 2. The van der Waals surface area contributed by atoms with Crippen molar-refractivity contribution >= 4 is 35.9 Å². The van der Waals surface area contributed by atoms with Gasteiger partial charge in [-0.15, -0.1) is 0 Å². The Balaban J connectivity index is 1.41. The van der Waals surface area contributed by atoms with Gasteiger partial charge in [0, 0.05) is 6.08 Å². The fourth-order valence-corrected chi connectivity index (χ4v) is 4.95. The van der Waals surface area contributed by atoms with Crippen LogP contribution in [0.25, 0.3) is 6.08 Å². The number of esters is 5. The van der Waals surface area contributed by atoms with Gasteiger partial charge >= 0.3 is 29.8 Å². The van der Waals surface area contributed by atoms with Crippen molar-refractivity contribution in [2.75, 3.05) is 7.11 Å². The van der Waals surface area contributed by atoms with Crippen molar-refractivity contribution in [2.45, 2.75) is 24.7 Å². The van der Waals surface area contributed by atoms with E-state index in [1.807, 2.05) is 0 Å². The monoisotopic (exact) mass is 476 g/mol. The van der Waals surface area contributed by atoms with Crippen molar-refractivity contribution in [1.82, 2.24) is 0 Å². The van der Waals surface area contributed by atoms with Gasteiger partial charge in [0.15, 0.2) is 0 Å². The number of methoxy groups -OCH3 is 1. The highest BCUT2D eigenvalue weighted by Crippen LogP contribution is 2.51. The SMILES string of the molecule is COc1ccc(C=CC(=O)Oc2ccc3c(c2)C2C(=O)OC(=O)C2CC3C2CC(=O)OC2=O)cc1. The number of hydrogen-bond acceptors (Lipinski definition) is 9. The highest BCUT2D eigenvalue weighted by Gasteiger charge is 2.53. The minimum atomic E-state index is -0.865. The van der Waals surface area contributed by atoms with Gasteiger partial charge in [0.25, 0.3) is 0 Å². The molecule has 9 heteroatoms. The molecule has 4 atom stereocenters. The molecule has 0 saturated carbocycles. The third kappa shape index (κ3) is 4.21. The smallest absolute Gasteiger partial charge is 0.336 e. The van der Waals surface area contributed by atoms with E-state index < -0.39 is 53.5 Å². The van der Waals surface area contributed by atoms with Crippen molar-refractivity contribution in [3.63, 3.8) is 0 Å². The van der Waals surface area contributed by atoms with Crippen LogP contribution in [0.4, 0.5) is 0 Å². The molecule has 5 rings (SSSR count). The third-order valence-electron chi connectivity index (χ3n) is 6.60. The average Bonchev–Trinajstić information content (AvgIpc) is 3.33. The molecule has 1 aliphatic carbocycles. The van der Waals surface area contributed by atoms with E-state index in [2.05, 4.69) is 0 Å². The van der Waals surface area contributed by atoms with Gasteiger partial charge in [0.05, 0.1) is 31.3 Å². The molecule has 2 aliphatic heterocycles. The molecular formula is C26H20O9. The Hall–Kier alpha value is -4.27. The zero-order valence-electron chi connectivity index (χ0n) is 18.6. The fraction of sp³-hybridized carbons (Fsp3) is 0.269. The summed E-state index contributed by atoms with van der Waals surface area (Å²) in [6.07, 6.45) is 2.93. The van der Waals surface area contributed by atoms with Crippen molar-refractivity contribution in [2.24, 2.45) is 11.8 Å². The summed E-state index contributed by atoms with van der Waals surface area (Å²) in [6.45, 7) is 0. The lowest BCUT2D eigenvalue weighted by Crippen LogP contribution is -2.31.